The van der Waals surface area contributed by atoms with Gasteiger partial charge in [0.1, 0.15) is 11.5 Å². The van der Waals surface area contributed by atoms with Crippen LogP contribution in [0.25, 0.3) is 0 Å². The summed E-state index contributed by atoms with van der Waals surface area (Å²) >= 11 is 0. The fourth-order valence-electron chi connectivity index (χ4n) is 2.28. The first kappa shape index (κ1) is 16.0. The minimum atomic E-state index is -0.371. The molecule has 1 atom stereocenters. The molecule has 0 aliphatic rings. The second kappa shape index (κ2) is 7.61. The SMILES string of the molecule is CCNC(C(=O)c1ccc(OC)cc1)c1ccc(OC)cc1. The first-order valence-corrected chi connectivity index (χ1v) is 7.25. The molecule has 1 N–H and O–H groups in total. The number of likely N-dealkylation sites (N-methyl/N-ethyl adjacent to an activating group) is 1. The summed E-state index contributed by atoms with van der Waals surface area (Å²) < 4.78 is 10.3. The second-order valence-electron chi connectivity index (χ2n) is 4.86. The molecule has 0 fully saturated rings. The number of rotatable bonds is 7. The van der Waals surface area contributed by atoms with Gasteiger partial charge in [0.2, 0.25) is 0 Å². The molecule has 116 valence electrons. The van der Waals surface area contributed by atoms with Crippen LogP contribution in [0.3, 0.4) is 0 Å². The molecule has 0 aliphatic carbocycles. The van der Waals surface area contributed by atoms with Crippen molar-refractivity contribution in [1.82, 2.24) is 5.32 Å². The maximum absolute atomic E-state index is 12.8. The number of methoxy groups -OCH3 is 2. The van der Waals surface area contributed by atoms with Crippen molar-refractivity contribution in [3.05, 3.63) is 59.7 Å². The molecule has 0 amide bonds. The van der Waals surface area contributed by atoms with Crippen LogP contribution in [0.15, 0.2) is 48.5 Å². The van der Waals surface area contributed by atoms with Crippen LogP contribution in [0.5, 0.6) is 11.5 Å². The van der Waals surface area contributed by atoms with Crippen molar-refractivity contribution in [2.75, 3.05) is 20.8 Å². The number of benzene rings is 2. The zero-order chi connectivity index (χ0) is 15.9. The number of ketones is 1. The number of hydrogen-bond donors (Lipinski definition) is 1. The summed E-state index contributed by atoms with van der Waals surface area (Å²) in [6.45, 7) is 2.69. The number of hydrogen-bond acceptors (Lipinski definition) is 4. The quantitative estimate of drug-likeness (QED) is 0.797. The lowest BCUT2D eigenvalue weighted by Crippen LogP contribution is -2.28. The smallest absolute Gasteiger partial charge is 0.184 e. The van der Waals surface area contributed by atoms with Gasteiger partial charge in [-0.05, 0) is 48.5 Å². The predicted octanol–water partition coefficient (Wildman–Crippen LogP) is 3.24. The monoisotopic (exact) mass is 299 g/mol. The molecule has 22 heavy (non-hydrogen) atoms. The molecule has 0 spiro atoms. The topological polar surface area (TPSA) is 47.6 Å². The molecule has 2 rings (SSSR count). The van der Waals surface area contributed by atoms with E-state index in [1.165, 1.54) is 0 Å². The summed E-state index contributed by atoms with van der Waals surface area (Å²) in [7, 11) is 3.23. The van der Waals surface area contributed by atoms with E-state index in [1.807, 2.05) is 31.2 Å². The summed E-state index contributed by atoms with van der Waals surface area (Å²) in [4.78, 5) is 12.8. The van der Waals surface area contributed by atoms with Crippen LogP contribution in [0.1, 0.15) is 28.9 Å². The summed E-state index contributed by atoms with van der Waals surface area (Å²) in [5.41, 5.74) is 1.58. The Balaban J connectivity index is 2.26. The highest BCUT2D eigenvalue weighted by atomic mass is 16.5. The predicted molar refractivity (Wildman–Crippen MR) is 86.7 cm³/mol. The maximum atomic E-state index is 12.8. The second-order valence-corrected chi connectivity index (χ2v) is 4.86. The first-order chi connectivity index (χ1) is 10.7. The van der Waals surface area contributed by atoms with Crippen molar-refractivity contribution >= 4 is 5.78 Å². The van der Waals surface area contributed by atoms with Crippen LogP contribution in [-0.4, -0.2) is 26.5 Å². The van der Waals surface area contributed by atoms with E-state index in [1.54, 1.807) is 38.5 Å². The van der Waals surface area contributed by atoms with Crippen LogP contribution in [0.4, 0.5) is 0 Å². The van der Waals surface area contributed by atoms with Crippen LogP contribution in [0.2, 0.25) is 0 Å². The summed E-state index contributed by atoms with van der Waals surface area (Å²) in [5, 5.41) is 3.24. The fourth-order valence-corrected chi connectivity index (χ4v) is 2.28. The van der Waals surface area contributed by atoms with E-state index >= 15 is 0 Å². The zero-order valence-corrected chi connectivity index (χ0v) is 13.1. The Bertz CT molecular complexity index is 605. The van der Waals surface area contributed by atoms with Crippen molar-refractivity contribution in [3.63, 3.8) is 0 Å². The average molecular weight is 299 g/mol. The van der Waals surface area contributed by atoms with Gasteiger partial charge in [-0.25, -0.2) is 0 Å². The first-order valence-electron chi connectivity index (χ1n) is 7.25. The van der Waals surface area contributed by atoms with Gasteiger partial charge in [0.05, 0.1) is 20.3 Å². The van der Waals surface area contributed by atoms with Gasteiger partial charge in [-0.3, -0.25) is 4.79 Å². The van der Waals surface area contributed by atoms with E-state index in [-0.39, 0.29) is 11.8 Å². The van der Waals surface area contributed by atoms with E-state index in [0.29, 0.717) is 12.1 Å². The normalized spacial score (nSPS) is 11.8. The van der Waals surface area contributed by atoms with Gasteiger partial charge < -0.3 is 14.8 Å². The third kappa shape index (κ3) is 3.65. The van der Waals surface area contributed by atoms with Gasteiger partial charge >= 0.3 is 0 Å². The Kier molecular flexibility index (Phi) is 5.55. The van der Waals surface area contributed by atoms with Gasteiger partial charge in [0, 0.05) is 5.56 Å². The molecule has 4 heteroatoms. The standard InChI is InChI=1S/C18H21NO3/c1-4-19-17(13-5-9-15(21-2)10-6-13)18(20)14-7-11-16(22-3)12-8-14/h5-12,17,19H,4H2,1-3H3. The molecule has 0 aromatic heterocycles. The molecule has 0 bridgehead atoms. The Hall–Kier alpha value is -2.33. The van der Waals surface area contributed by atoms with Crippen LogP contribution in [0, 0.1) is 0 Å². The van der Waals surface area contributed by atoms with Crippen molar-refractivity contribution in [3.8, 4) is 11.5 Å². The van der Waals surface area contributed by atoms with Gasteiger partial charge in [-0.15, -0.1) is 0 Å². The van der Waals surface area contributed by atoms with Gasteiger partial charge in [-0.1, -0.05) is 19.1 Å². The summed E-state index contributed by atoms with van der Waals surface area (Å²) in [6, 6.07) is 14.3. The van der Waals surface area contributed by atoms with Crippen LogP contribution in [-0.2, 0) is 0 Å². The molecule has 0 radical (unpaired) electrons. The molecular weight excluding hydrogens is 278 g/mol. The summed E-state index contributed by atoms with van der Waals surface area (Å²) in [5.74, 6) is 1.55. The molecule has 0 heterocycles. The zero-order valence-electron chi connectivity index (χ0n) is 13.1. The van der Waals surface area contributed by atoms with Crippen LogP contribution < -0.4 is 14.8 Å². The van der Waals surface area contributed by atoms with E-state index in [9.17, 15) is 4.79 Å². The van der Waals surface area contributed by atoms with Crippen LogP contribution >= 0.6 is 0 Å². The van der Waals surface area contributed by atoms with E-state index in [0.717, 1.165) is 17.1 Å². The third-order valence-corrected chi connectivity index (χ3v) is 3.49. The van der Waals surface area contributed by atoms with Crippen molar-refractivity contribution in [2.45, 2.75) is 13.0 Å². The summed E-state index contributed by atoms with van der Waals surface area (Å²) in [6.07, 6.45) is 0. The maximum Gasteiger partial charge on any atom is 0.184 e. The highest BCUT2D eigenvalue weighted by Gasteiger charge is 2.21. The number of nitrogens with one attached hydrogen (secondary N) is 1. The Labute approximate surface area is 131 Å². The highest BCUT2D eigenvalue weighted by molar-refractivity contribution is 6.00. The number of carbonyl (C=O) groups is 1. The lowest BCUT2D eigenvalue weighted by Gasteiger charge is -2.18. The molecule has 2 aromatic carbocycles. The van der Waals surface area contributed by atoms with Crippen molar-refractivity contribution in [1.29, 1.82) is 0 Å². The lowest BCUT2D eigenvalue weighted by atomic mass is 9.97. The van der Waals surface area contributed by atoms with E-state index in [4.69, 9.17) is 9.47 Å². The molecule has 2 aromatic rings. The molecule has 0 saturated carbocycles. The van der Waals surface area contributed by atoms with Gasteiger partial charge in [-0.2, -0.15) is 0 Å². The minimum absolute atomic E-state index is 0.0367. The Morgan fingerprint density at radius 3 is 1.91 bits per heavy atom. The van der Waals surface area contributed by atoms with Crippen molar-refractivity contribution in [2.24, 2.45) is 0 Å². The lowest BCUT2D eigenvalue weighted by molar-refractivity contribution is 0.0944. The Morgan fingerprint density at radius 2 is 1.45 bits per heavy atom. The van der Waals surface area contributed by atoms with Crippen molar-refractivity contribution < 1.29 is 14.3 Å². The molecule has 0 saturated heterocycles. The fraction of sp³-hybridized carbons (Fsp3) is 0.278. The van der Waals surface area contributed by atoms with E-state index in [2.05, 4.69) is 5.32 Å². The van der Waals surface area contributed by atoms with E-state index < -0.39 is 0 Å². The molecule has 1 unspecified atom stereocenters. The molecular formula is C18H21NO3. The Morgan fingerprint density at radius 1 is 0.955 bits per heavy atom. The average Bonchev–Trinajstić information content (AvgIpc) is 2.59. The minimum Gasteiger partial charge on any atom is -0.497 e. The highest BCUT2D eigenvalue weighted by Crippen LogP contribution is 2.22. The largest absolute Gasteiger partial charge is 0.497 e. The van der Waals surface area contributed by atoms with Gasteiger partial charge in [0.15, 0.2) is 5.78 Å². The number of carbonyl (C=O) groups excluding carboxylic acids is 1. The van der Waals surface area contributed by atoms with Gasteiger partial charge in [0.25, 0.3) is 0 Å². The molecule has 0 aliphatic heterocycles. The number of Topliss-reactive ketones (excluding diaryl/α,β-unsaturated/α-hetero) is 1. The third-order valence-electron chi connectivity index (χ3n) is 3.49. The number of ether oxygens (including phenoxy) is 2. The molecule has 4 nitrogen and oxygen atoms in total.